The molecule has 0 radical (unpaired) electrons. The lowest BCUT2D eigenvalue weighted by Gasteiger charge is -2.18. The first-order chi connectivity index (χ1) is 9.49. The van der Waals surface area contributed by atoms with E-state index in [0.29, 0.717) is 23.3 Å². The summed E-state index contributed by atoms with van der Waals surface area (Å²) in [5, 5.41) is 7.48. The first-order valence-corrected chi connectivity index (χ1v) is 7.44. The topological polar surface area (TPSA) is 59.4 Å². The van der Waals surface area contributed by atoms with Crippen molar-refractivity contribution >= 4 is 21.6 Å². The van der Waals surface area contributed by atoms with Gasteiger partial charge in [-0.15, -0.1) is 0 Å². The highest BCUT2D eigenvalue weighted by Gasteiger charge is 2.12. The molecule has 0 aliphatic heterocycles. The Morgan fingerprint density at radius 2 is 2.25 bits per heavy atom. The molecule has 1 aromatic heterocycles. The number of halogens is 1. The van der Waals surface area contributed by atoms with Crippen LogP contribution < -0.4 is 10.9 Å². The van der Waals surface area contributed by atoms with Crippen LogP contribution in [0.5, 0.6) is 0 Å². The number of nitrogens with one attached hydrogen (secondary N) is 1. The molecule has 7 heteroatoms. The standard InChI is InChI=1S/C13H23BrN4O2/c1-5-10(9-20-4)16-11-8-15-18(7-6-17(2)3)13(19)12(11)14/h8,10,16H,5-7,9H2,1-4H3. The van der Waals surface area contributed by atoms with E-state index in [1.165, 1.54) is 4.68 Å². The van der Waals surface area contributed by atoms with E-state index in [4.69, 9.17) is 4.74 Å². The Labute approximate surface area is 128 Å². The molecule has 1 N–H and O–H groups in total. The van der Waals surface area contributed by atoms with Crippen molar-refractivity contribution in [1.82, 2.24) is 14.7 Å². The molecule has 1 unspecified atom stereocenters. The second-order valence-electron chi connectivity index (χ2n) is 4.91. The van der Waals surface area contributed by atoms with Crippen LogP contribution in [-0.4, -0.2) is 55.1 Å². The van der Waals surface area contributed by atoms with Gasteiger partial charge in [0.25, 0.3) is 5.56 Å². The Bertz CT molecular complexity index is 476. The third-order valence-corrected chi connectivity index (χ3v) is 3.73. The van der Waals surface area contributed by atoms with Crippen molar-refractivity contribution in [2.75, 3.05) is 39.7 Å². The molecule has 0 aliphatic rings. The third-order valence-electron chi connectivity index (χ3n) is 2.96. The molecular weight excluding hydrogens is 324 g/mol. The molecule has 0 aromatic carbocycles. The van der Waals surface area contributed by atoms with E-state index in [2.05, 4.69) is 33.3 Å². The van der Waals surface area contributed by atoms with Crippen molar-refractivity contribution in [3.63, 3.8) is 0 Å². The SMILES string of the molecule is CCC(COC)Nc1cnn(CCN(C)C)c(=O)c1Br. The zero-order valence-corrected chi connectivity index (χ0v) is 14.1. The maximum Gasteiger partial charge on any atom is 0.283 e. The van der Waals surface area contributed by atoms with E-state index >= 15 is 0 Å². The summed E-state index contributed by atoms with van der Waals surface area (Å²) in [5.41, 5.74) is 0.587. The molecule has 1 heterocycles. The van der Waals surface area contributed by atoms with Crippen molar-refractivity contribution in [2.45, 2.75) is 25.9 Å². The lowest BCUT2D eigenvalue weighted by atomic mass is 10.2. The summed E-state index contributed by atoms with van der Waals surface area (Å²) in [6.07, 6.45) is 2.59. The average Bonchev–Trinajstić information content (AvgIpc) is 2.42. The molecule has 20 heavy (non-hydrogen) atoms. The molecule has 0 spiro atoms. The monoisotopic (exact) mass is 346 g/mol. The van der Waals surface area contributed by atoms with Crippen molar-refractivity contribution in [3.05, 3.63) is 21.0 Å². The Kier molecular flexibility index (Phi) is 7.18. The second kappa shape index (κ2) is 8.39. The number of aromatic nitrogens is 2. The molecule has 0 saturated heterocycles. The van der Waals surface area contributed by atoms with Gasteiger partial charge in [-0.2, -0.15) is 5.10 Å². The number of hydrogen-bond donors (Lipinski definition) is 1. The van der Waals surface area contributed by atoms with Crippen molar-refractivity contribution in [1.29, 1.82) is 0 Å². The van der Waals surface area contributed by atoms with Crippen molar-refractivity contribution < 1.29 is 4.74 Å². The zero-order valence-electron chi connectivity index (χ0n) is 12.5. The Morgan fingerprint density at radius 1 is 1.55 bits per heavy atom. The quantitative estimate of drug-likeness (QED) is 0.771. The van der Waals surface area contributed by atoms with E-state index in [0.717, 1.165) is 13.0 Å². The third kappa shape index (κ3) is 4.88. The fraction of sp³-hybridized carbons (Fsp3) is 0.692. The minimum Gasteiger partial charge on any atom is -0.383 e. The van der Waals surface area contributed by atoms with Gasteiger partial charge in [0.2, 0.25) is 0 Å². The first-order valence-electron chi connectivity index (χ1n) is 6.65. The van der Waals surface area contributed by atoms with Gasteiger partial charge in [-0.3, -0.25) is 4.79 Å². The largest absolute Gasteiger partial charge is 0.383 e. The predicted octanol–water partition coefficient (Wildman–Crippen LogP) is 1.40. The Morgan fingerprint density at radius 3 is 2.80 bits per heavy atom. The lowest BCUT2D eigenvalue weighted by molar-refractivity contribution is 0.184. The van der Waals surface area contributed by atoms with E-state index in [9.17, 15) is 4.79 Å². The van der Waals surface area contributed by atoms with Gasteiger partial charge in [-0.25, -0.2) is 4.68 Å². The average molecular weight is 347 g/mol. The molecule has 0 amide bonds. The van der Waals surface area contributed by atoms with Crippen LogP contribution in [0.4, 0.5) is 5.69 Å². The molecule has 0 saturated carbocycles. The number of anilines is 1. The molecule has 0 fully saturated rings. The maximum atomic E-state index is 12.2. The smallest absolute Gasteiger partial charge is 0.283 e. The van der Waals surface area contributed by atoms with Gasteiger partial charge in [-0.1, -0.05) is 6.92 Å². The van der Waals surface area contributed by atoms with Crippen LogP contribution in [0.1, 0.15) is 13.3 Å². The second-order valence-corrected chi connectivity index (χ2v) is 5.70. The number of methoxy groups -OCH3 is 1. The highest BCUT2D eigenvalue weighted by Crippen LogP contribution is 2.18. The van der Waals surface area contributed by atoms with E-state index < -0.39 is 0 Å². The lowest BCUT2D eigenvalue weighted by Crippen LogP contribution is -2.31. The summed E-state index contributed by atoms with van der Waals surface area (Å²) in [6.45, 7) is 4.00. The number of likely N-dealkylation sites (N-methyl/N-ethyl adjacent to an activating group) is 1. The van der Waals surface area contributed by atoms with Crippen LogP contribution >= 0.6 is 15.9 Å². The van der Waals surface area contributed by atoms with Crippen LogP contribution in [0.15, 0.2) is 15.5 Å². The number of rotatable bonds is 8. The molecule has 6 nitrogen and oxygen atoms in total. The molecule has 1 atom stereocenters. The normalized spacial score (nSPS) is 12.7. The summed E-state index contributed by atoms with van der Waals surface area (Å²) in [5.74, 6) is 0. The van der Waals surface area contributed by atoms with Crippen molar-refractivity contribution in [3.8, 4) is 0 Å². The summed E-state index contributed by atoms with van der Waals surface area (Å²) in [6, 6.07) is 0.162. The first kappa shape index (κ1) is 17.1. The predicted molar refractivity (Wildman–Crippen MR) is 84.3 cm³/mol. The highest BCUT2D eigenvalue weighted by atomic mass is 79.9. The molecule has 0 bridgehead atoms. The summed E-state index contributed by atoms with van der Waals surface area (Å²) >= 11 is 3.36. The highest BCUT2D eigenvalue weighted by molar-refractivity contribution is 9.10. The Hall–Kier alpha value is -0.920. The summed E-state index contributed by atoms with van der Waals surface area (Å²) in [7, 11) is 5.59. The van der Waals surface area contributed by atoms with Gasteiger partial charge in [-0.05, 0) is 36.4 Å². The summed E-state index contributed by atoms with van der Waals surface area (Å²) in [4.78, 5) is 14.2. The zero-order chi connectivity index (χ0) is 15.1. The Balaban J connectivity index is 2.85. The van der Waals surface area contributed by atoms with E-state index in [1.807, 2.05) is 19.0 Å². The van der Waals surface area contributed by atoms with E-state index in [-0.39, 0.29) is 11.6 Å². The molecule has 1 rings (SSSR count). The van der Waals surface area contributed by atoms with Gasteiger partial charge >= 0.3 is 0 Å². The molecule has 1 aromatic rings. The molecule has 0 aliphatic carbocycles. The van der Waals surface area contributed by atoms with Gasteiger partial charge in [0.15, 0.2) is 0 Å². The number of nitrogens with zero attached hydrogens (tertiary/aromatic N) is 3. The molecular formula is C13H23BrN4O2. The van der Waals surface area contributed by atoms with Crippen LogP contribution in [0.3, 0.4) is 0 Å². The van der Waals surface area contributed by atoms with Crippen LogP contribution in [0.25, 0.3) is 0 Å². The van der Waals surface area contributed by atoms with Crippen LogP contribution in [-0.2, 0) is 11.3 Å². The molecule has 114 valence electrons. The maximum absolute atomic E-state index is 12.2. The van der Waals surface area contributed by atoms with Crippen LogP contribution in [0, 0.1) is 0 Å². The van der Waals surface area contributed by atoms with Gasteiger partial charge in [0, 0.05) is 19.7 Å². The van der Waals surface area contributed by atoms with Crippen molar-refractivity contribution in [2.24, 2.45) is 0 Å². The van der Waals surface area contributed by atoms with Crippen LogP contribution in [0.2, 0.25) is 0 Å². The minimum atomic E-state index is -0.121. The fourth-order valence-corrected chi connectivity index (χ4v) is 2.12. The summed E-state index contributed by atoms with van der Waals surface area (Å²) < 4.78 is 7.12. The number of ether oxygens (including phenoxy) is 1. The fourth-order valence-electron chi connectivity index (χ4n) is 1.70. The van der Waals surface area contributed by atoms with Gasteiger partial charge in [0.05, 0.1) is 25.0 Å². The van der Waals surface area contributed by atoms with E-state index in [1.54, 1.807) is 13.3 Å². The number of hydrogen-bond acceptors (Lipinski definition) is 5. The van der Waals surface area contributed by atoms with Gasteiger partial charge < -0.3 is 15.0 Å². The van der Waals surface area contributed by atoms with Gasteiger partial charge in [0.1, 0.15) is 4.47 Å². The minimum absolute atomic E-state index is 0.121.